The van der Waals surface area contributed by atoms with Gasteiger partial charge in [-0.15, -0.1) is 0 Å². The van der Waals surface area contributed by atoms with Crippen LogP contribution < -0.4 is 15.1 Å². The molecule has 14 heavy (non-hydrogen) atoms. The summed E-state index contributed by atoms with van der Waals surface area (Å²) < 4.78 is 5.88. The predicted molar refractivity (Wildman–Crippen MR) is 61.6 cm³/mol. The zero-order valence-corrected chi connectivity index (χ0v) is 9.79. The van der Waals surface area contributed by atoms with Crippen molar-refractivity contribution in [3.8, 4) is 5.75 Å². The average Bonchev–Trinajstić information content (AvgIpc) is 2.16. The molecule has 1 aromatic rings. The fourth-order valence-corrected chi connectivity index (χ4v) is 2.74. The summed E-state index contributed by atoms with van der Waals surface area (Å²) in [5.41, 5.74) is 5.43. The Morgan fingerprint density at radius 2 is 1.93 bits per heavy atom. The van der Waals surface area contributed by atoms with Gasteiger partial charge in [0.2, 0.25) is 0 Å². The van der Waals surface area contributed by atoms with Crippen LogP contribution in [0.25, 0.3) is 0 Å². The van der Waals surface area contributed by atoms with E-state index in [1.54, 1.807) is 0 Å². The Morgan fingerprint density at radius 3 is 2.50 bits per heavy atom. The predicted octanol–water partition coefficient (Wildman–Crippen LogP) is 1.32. The van der Waals surface area contributed by atoms with Gasteiger partial charge in [0.25, 0.3) is 0 Å². The van der Waals surface area contributed by atoms with Crippen molar-refractivity contribution < 1.29 is 4.43 Å². The molecule has 78 valence electrons. The Labute approximate surface area is 86.5 Å². The zero-order chi connectivity index (χ0) is 10.4. The van der Waals surface area contributed by atoms with Crippen LogP contribution >= 0.6 is 0 Å². The molecule has 0 unspecified atom stereocenters. The lowest BCUT2D eigenvalue weighted by molar-refractivity contribution is 0.526. The first-order valence-electron chi connectivity index (χ1n) is 4.83. The van der Waals surface area contributed by atoms with Crippen LogP contribution in [0.3, 0.4) is 0 Å². The summed E-state index contributed by atoms with van der Waals surface area (Å²) in [5, 5.41) is 0. The fourth-order valence-electron chi connectivity index (χ4n) is 1.19. The van der Waals surface area contributed by atoms with Crippen molar-refractivity contribution in [3.63, 3.8) is 0 Å². The van der Waals surface area contributed by atoms with Crippen LogP contribution in [0, 0.1) is 0 Å². The first kappa shape index (κ1) is 11.2. The molecule has 0 aliphatic carbocycles. The van der Waals surface area contributed by atoms with E-state index in [4.69, 9.17) is 10.2 Å². The third kappa shape index (κ3) is 3.91. The lowest BCUT2D eigenvalue weighted by Crippen LogP contribution is -2.52. The molecule has 0 saturated carbocycles. The van der Waals surface area contributed by atoms with E-state index in [0.717, 1.165) is 12.3 Å². The highest BCUT2D eigenvalue weighted by molar-refractivity contribution is 6.69. The normalized spacial score (nSPS) is 11.4. The second-order valence-electron chi connectivity index (χ2n) is 3.64. The molecule has 0 aromatic heterocycles. The smallest absolute Gasteiger partial charge is 0.322 e. The lowest BCUT2D eigenvalue weighted by atomic mass is 10.3. The summed E-state index contributed by atoms with van der Waals surface area (Å²) in [4.78, 5) is 3.35. The molecule has 0 heterocycles. The third-order valence-corrected chi connectivity index (χ3v) is 3.66. The van der Waals surface area contributed by atoms with Gasteiger partial charge in [-0.05, 0) is 25.2 Å². The number of rotatable bonds is 5. The quantitative estimate of drug-likeness (QED) is 0.721. The van der Waals surface area contributed by atoms with E-state index >= 15 is 0 Å². The monoisotopic (exact) mass is 210 g/mol. The molecule has 0 aliphatic rings. The van der Waals surface area contributed by atoms with Crippen molar-refractivity contribution in [2.75, 3.05) is 13.1 Å². The molecule has 0 atom stereocenters. The molecule has 0 fully saturated rings. The average molecular weight is 210 g/mol. The van der Waals surface area contributed by atoms with Crippen molar-refractivity contribution >= 4 is 8.48 Å². The second-order valence-corrected chi connectivity index (χ2v) is 7.22. The molecule has 0 spiro atoms. The lowest BCUT2D eigenvalue weighted by Gasteiger charge is -2.24. The maximum atomic E-state index is 5.88. The minimum absolute atomic E-state index is 0.647. The van der Waals surface area contributed by atoms with Crippen LogP contribution in [0.1, 0.15) is 0 Å². The van der Waals surface area contributed by atoms with E-state index in [2.05, 4.69) is 18.1 Å². The van der Waals surface area contributed by atoms with Gasteiger partial charge in [-0.1, -0.05) is 18.2 Å². The Hall–Kier alpha value is -0.843. The SMILES string of the molecule is C[Si](C)(NCCN)Oc1ccccc1. The summed E-state index contributed by atoms with van der Waals surface area (Å²) >= 11 is 0. The highest BCUT2D eigenvalue weighted by Crippen LogP contribution is 2.12. The van der Waals surface area contributed by atoms with Crippen LogP contribution in [-0.4, -0.2) is 21.6 Å². The fraction of sp³-hybridized carbons (Fsp3) is 0.400. The molecule has 1 aromatic carbocycles. The van der Waals surface area contributed by atoms with Gasteiger partial charge in [0, 0.05) is 13.1 Å². The number of hydrogen-bond donors (Lipinski definition) is 2. The molecule has 3 nitrogen and oxygen atoms in total. The van der Waals surface area contributed by atoms with Gasteiger partial charge in [0.1, 0.15) is 5.75 Å². The first-order chi connectivity index (χ1) is 6.64. The molecular formula is C10H18N2OSi. The van der Waals surface area contributed by atoms with Gasteiger partial charge in [-0.2, -0.15) is 0 Å². The molecule has 0 aliphatic heterocycles. The van der Waals surface area contributed by atoms with Gasteiger partial charge < -0.3 is 15.1 Å². The van der Waals surface area contributed by atoms with Gasteiger partial charge in [0.15, 0.2) is 0 Å². The third-order valence-electron chi connectivity index (χ3n) is 1.81. The summed E-state index contributed by atoms with van der Waals surface area (Å²) in [7, 11) is -1.80. The topological polar surface area (TPSA) is 47.3 Å². The minimum atomic E-state index is -1.80. The second kappa shape index (κ2) is 5.14. The minimum Gasteiger partial charge on any atom is -0.530 e. The van der Waals surface area contributed by atoms with Crippen molar-refractivity contribution in [1.82, 2.24) is 4.98 Å². The molecule has 1 rings (SSSR count). The van der Waals surface area contributed by atoms with Gasteiger partial charge in [-0.3, -0.25) is 0 Å². The summed E-state index contributed by atoms with van der Waals surface area (Å²) in [6.45, 7) is 5.70. The Balaban J connectivity index is 2.50. The molecule has 0 amide bonds. The van der Waals surface area contributed by atoms with E-state index in [9.17, 15) is 0 Å². The van der Waals surface area contributed by atoms with E-state index in [0.29, 0.717) is 6.54 Å². The van der Waals surface area contributed by atoms with Gasteiger partial charge in [0.05, 0.1) is 0 Å². The van der Waals surface area contributed by atoms with Crippen molar-refractivity contribution in [2.24, 2.45) is 5.73 Å². The van der Waals surface area contributed by atoms with Crippen LogP contribution in [0.4, 0.5) is 0 Å². The summed E-state index contributed by atoms with van der Waals surface area (Å²) in [6, 6.07) is 9.87. The number of nitrogens with two attached hydrogens (primary N) is 1. The Morgan fingerprint density at radius 1 is 1.29 bits per heavy atom. The van der Waals surface area contributed by atoms with Crippen molar-refractivity contribution in [2.45, 2.75) is 13.1 Å². The van der Waals surface area contributed by atoms with Crippen molar-refractivity contribution in [1.29, 1.82) is 0 Å². The Kier molecular flexibility index (Phi) is 4.12. The largest absolute Gasteiger partial charge is 0.530 e. The first-order valence-corrected chi connectivity index (χ1v) is 7.74. The van der Waals surface area contributed by atoms with E-state index in [1.807, 2.05) is 30.3 Å². The van der Waals surface area contributed by atoms with E-state index in [-0.39, 0.29) is 0 Å². The Bertz CT molecular complexity index is 264. The molecule has 0 saturated heterocycles. The molecule has 0 radical (unpaired) electrons. The van der Waals surface area contributed by atoms with Crippen LogP contribution in [0.5, 0.6) is 5.75 Å². The summed E-state index contributed by atoms with van der Waals surface area (Å²) in [5.74, 6) is 0.925. The number of para-hydroxylation sites is 1. The molecular weight excluding hydrogens is 192 g/mol. The number of hydrogen-bond acceptors (Lipinski definition) is 3. The maximum absolute atomic E-state index is 5.88. The highest BCUT2D eigenvalue weighted by atomic mass is 28.4. The highest BCUT2D eigenvalue weighted by Gasteiger charge is 2.23. The van der Waals surface area contributed by atoms with E-state index < -0.39 is 8.48 Å². The molecule has 0 bridgehead atoms. The van der Waals surface area contributed by atoms with Crippen LogP contribution in [0.15, 0.2) is 30.3 Å². The summed E-state index contributed by atoms with van der Waals surface area (Å²) in [6.07, 6.45) is 0. The van der Waals surface area contributed by atoms with Crippen LogP contribution in [-0.2, 0) is 0 Å². The molecule has 4 heteroatoms. The number of nitrogens with one attached hydrogen (secondary N) is 1. The molecule has 3 N–H and O–H groups in total. The van der Waals surface area contributed by atoms with E-state index in [1.165, 1.54) is 0 Å². The van der Waals surface area contributed by atoms with Gasteiger partial charge >= 0.3 is 8.48 Å². The van der Waals surface area contributed by atoms with Crippen LogP contribution in [0.2, 0.25) is 13.1 Å². The zero-order valence-electron chi connectivity index (χ0n) is 8.79. The van der Waals surface area contributed by atoms with Crippen molar-refractivity contribution in [3.05, 3.63) is 30.3 Å². The van der Waals surface area contributed by atoms with Gasteiger partial charge in [-0.25, -0.2) is 0 Å². The standard InChI is InChI=1S/C10H18N2OSi/c1-14(2,12-9-8-11)13-10-6-4-3-5-7-10/h3-7,12H,8-9,11H2,1-2H3. The number of benzene rings is 1. The maximum Gasteiger partial charge on any atom is 0.322 e.